The standard InChI is InChI=1S/C16H21NO3S/c1-15(2)6-10-7-16(3,8-15)9-17(10)13(18)11-4-5-12(21-11)14(19)20/h4-5,10H,6-9H2,1-3H3,(H,19,20). The lowest BCUT2D eigenvalue weighted by Crippen LogP contribution is -2.37. The molecule has 114 valence electrons. The molecule has 0 aromatic carbocycles. The maximum atomic E-state index is 12.7. The van der Waals surface area contributed by atoms with Crippen molar-refractivity contribution in [2.45, 2.75) is 46.1 Å². The fourth-order valence-electron chi connectivity index (χ4n) is 4.41. The minimum atomic E-state index is -0.965. The highest BCUT2D eigenvalue weighted by molar-refractivity contribution is 7.15. The van der Waals surface area contributed by atoms with Crippen LogP contribution in [0.25, 0.3) is 0 Å². The number of fused-ring (bicyclic) bond motifs is 2. The summed E-state index contributed by atoms with van der Waals surface area (Å²) in [5.41, 5.74) is 0.476. The molecule has 1 aromatic heterocycles. The number of thiophene rings is 1. The fraction of sp³-hybridized carbons (Fsp3) is 0.625. The Kier molecular flexibility index (Phi) is 3.17. The van der Waals surface area contributed by atoms with E-state index < -0.39 is 5.97 Å². The number of carboxylic acid groups (broad SMARTS) is 1. The molecule has 1 saturated carbocycles. The third kappa shape index (κ3) is 2.59. The molecular weight excluding hydrogens is 286 g/mol. The Balaban J connectivity index is 1.84. The molecule has 3 rings (SSSR count). The zero-order valence-electron chi connectivity index (χ0n) is 12.7. The highest BCUT2D eigenvalue weighted by Gasteiger charge is 2.51. The first-order valence-corrected chi connectivity index (χ1v) is 8.15. The molecule has 21 heavy (non-hydrogen) atoms. The molecule has 2 unspecified atom stereocenters. The summed E-state index contributed by atoms with van der Waals surface area (Å²) in [6, 6.07) is 3.46. The summed E-state index contributed by atoms with van der Waals surface area (Å²) in [6.45, 7) is 7.61. The summed E-state index contributed by atoms with van der Waals surface area (Å²) in [5, 5.41) is 8.99. The van der Waals surface area contributed by atoms with E-state index in [9.17, 15) is 9.59 Å². The van der Waals surface area contributed by atoms with Gasteiger partial charge in [-0.05, 0) is 42.2 Å². The monoisotopic (exact) mass is 307 g/mol. The SMILES string of the molecule is CC1(C)CC2CC(C)(CN2C(=O)c2ccc(C(=O)O)s2)C1. The molecule has 0 radical (unpaired) electrons. The Bertz CT molecular complexity index is 606. The van der Waals surface area contributed by atoms with E-state index in [2.05, 4.69) is 20.8 Å². The quantitative estimate of drug-likeness (QED) is 0.910. The van der Waals surface area contributed by atoms with Crippen LogP contribution in [0.1, 0.15) is 59.4 Å². The van der Waals surface area contributed by atoms with Crippen molar-refractivity contribution in [1.82, 2.24) is 4.90 Å². The molecule has 2 bridgehead atoms. The van der Waals surface area contributed by atoms with Gasteiger partial charge in [0, 0.05) is 12.6 Å². The number of carbonyl (C=O) groups excluding carboxylic acids is 1. The van der Waals surface area contributed by atoms with Crippen LogP contribution < -0.4 is 0 Å². The highest BCUT2D eigenvalue weighted by atomic mass is 32.1. The van der Waals surface area contributed by atoms with Crippen LogP contribution in [0, 0.1) is 10.8 Å². The van der Waals surface area contributed by atoms with Gasteiger partial charge in [-0.3, -0.25) is 4.79 Å². The van der Waals surface area contributed by atoms with Crippen molar-refractivity contribution in [2.75, 3.05) is 6.54 Å². The molecule has 2 heterocycles. The number of hydrogen-bond donors (Lipinski definition) is 1. The van der Waals surface area contributed by atoms with Gasteiger partial charge in [-0.25, -0.2) is 4.79 Å². The average molecular weight is 307 g/mol. The number of rotatable bonds is 2. The Morgan fingerprint density at radius 2 is 1.90 bits per heavy atom. The zero-order valence-corrected chi connectivity index (χ0v) is 13.5. The topological polar surface area (TPSA) is 57.6 Å². The fourth-order valence-corrected chi connectivity index (χ4v) is 5.21. The predicted octanol–water partition coefficient (Wildman–Crippen LogP) is 3.49. The van der Waals surface area contributed by atoms with Crippen molar-refractivity contribution in [3.63, 3.8) is 0 Å². The van der Waals surface area contributed by atoms with Crippen LogP contribution in [0.15, 0.2) is 12.1 Å². The lowest BCUT2D eigenvalue weighted by Gasteiger charge is -2.39. The van der Waals surface area contributed by atoms with Crippen molar-refractivity contribution >= 4 is 23.2 Å². The van der Waals surface area contributed by atoms with Gasteiger partial charge in [-0.15, -0.1) is 11.3 Å². The van der Waals surface area contributed by atoms with E-state index in [4.69, 9.17) is 5.11 Å². The van der Waals surface area contributed by atoms with Gasteiger partial charge in [-0.1, -0.05) is 20.8 Å². The summed E-state index contributed by atoms with van der Waals surface area (Å²) < 4.78 is 0. The summed E-state index contributed by atoms with van der Waals surface area (Å²) >= 11 is 1.08. The van der Waals surface area contributed by atoms with Crippen LogP contribution in [-0.4, -0.2) is 34.5 Å². The minimum Gasteiger partial charge on any atom is -0.477 e. The van der Waals surface area contributed by atoms with Gasteiger partial charge in [0.1, 0.15) is 4.88 Å². The van der Waals surface area contributed by atoms with E-state index in [1.54, 1.807) is 6.07 Å². The Morgan fingerprint density at radius 3 is 2.52 bits per heavy atom. The summed E-state index contributed by atoms with van der Waals surface area (Å²) in [5.74, 6) is -0.966. The summed E-state index contributed by atoms with van der Waals surface area (Å²) in [7, 11) is 0. The van der Waals surface area contributed by atoms with Crippen LogP contribution in [-0.2, 0) is 0 Å². The van der Waals surface area contributed by atoms with Crippen molar-refractivity contribution in [3.05, 3.63) is 21.9 Å². The Hall–Kier alpha value is -1.36. The largest absolute Gasteiger partial charge is 0.477 e. The maximum Gasteiger partial charge on any atom is 0.345 e. The molecule has 4 nitrogen and oxygen atoms in total. The zero-order chi connectivity index (χ0) is 15.4. The van der Waals surface area contributed by atoms with Crippen LogP contribution in [0.5, 0.6) is 0 Å². The first kappa shape index (κ1) is 14.6. The van der Waals surface area contributed by atoms with Gasteiger partial charge in [0.15, 0.2) is 0 Å². The Labute approximate surface area is 128 Å². The summed E-state index contributed by atoms with van der Waals surface area (Å²) in [4.78, 5) is 26.4. The van der Waals surface area contributed by atoms with Gasteiger partial charge in [-0.2, -0.15) is 0 Å². The summed E-state index contributed by atoms with van der Waals surface area (Å²) in [6.07, 6.45) is 3.25. The third-order valence-corrected chi connectivity index (χ3v) is 5.76. The lowest BCUT2D eigenvalue weighted by atomic mass is 9.65. The molecule has 1 aliphatic heterocycles. The Morgan fingerprint density at radius 1 is 1.24 bits per heavy atom. The van der Waals surface area contributed by atoms with Crippen LogP contribution in [0.4, 0.5) is 0 Å². The maximum absolute atomic E-state index is 12.7. The van der Waals surface area contributed by atoms with E-state index in [1.807, 2.05) is 4.90 Å². The van der Waals surface area contributed by atoms with Gasteiger partial charge in [0.05, 0.1) is 4.88 Å². The second-order valence-electron chi connectivity index (χ2n) is 7.62. The number of aromatic carboxylic acids is 1. The smallest absolute Gasteiger partial charge is 0.345 e. The number of nitrogens with zero attached hydrogens (tertiary/aromatic N) is 1. The predicted molar refractivity (Wildman–Crippen MR) is 81.8 cm³/mol. The van der Waals surface area contributed by atoms with E-state index >= 15 is 0 Å². The van der Waals surface area contributed by atoms with Gasteiger partial charge in [0.2, 0.25) is 0 Å². The van der Waals surface area contributed by atoms with Gasteiger partial charge < -0.3 is 10.0 Å². The first-order valence-electron chi connectivity index (χ1n) is 7.33. The minimum absolute atomic E-state index is 0.000995. The van der Waals surface area contributed by atoms with Crippen molar-refractivity contribution in [3.8, 4) is 0 Å². The molecule has 0 spiro atoms. The normalized spacial score (nSPS) is 30.4. The number of likely N-dealkylation sites (tertiary alicyclic amines) is 1. The van der Waals surface area contributed by atoms with Crippen molar-refractivity contribution < 1.29 is 14.7 Å². The molecule has 1 amide bonds. The highest BCUT2D eigenvalue weighted by Crippen LogP contribution is 2.52. The third-order valence-electron chi connectivity index (χ3n) is 4.70. The van der Waals surface area contributed by atoms with Gasteiger partial charge in [0.25, 0.3) is 5.91 Å². The first-order chi connectivity index (χ1) is 9.69. The average Bonchev–Trinajstić information content (AvgIpc) is 2.90. The number of carbonyl (C=O) groups is 2. The molecule has 2 fully saturated rings. The number of carboxylic acids is 1. The van der Waals surface area contributed by atoms with Gasteiger partial charge >= 0.3 is 5.97 Å². The molecule has 1 aliphatic carbocycles. The second kappa shape index (κ2) is 4.57. The lowest BCUT2D eigenvalue weighted by molar-refractivity contribution is 0.0697. The van der Waals surface area contributed by atoms with Crippen LogP contribution in [0.3, 0.4) is 0 Å². The van der Waals surface area contributed by atoms with E-state index in [0.29, 0.717) is 10.9 Å². The molecule has 2 atom stereocenters. The van der Waals surface area contributed by atoms with Crippen LogP contribution >= 0.6 is 11.3 Å². The molecule has 1 saturated heterocycles. The molecule has 5 heteroatoms. The molecular formula is C16H21NO3S. The van der Waals surface area contributed by atoms with Crippen molar-refractivity contribution in [2.24, 2.45) is 10.8 Å². The number of amides is 1. The van der Waals surface area contributed by atoms with E-state index in [-0.39, 0.29) is 21.6 Å². The molecule has 2 aliphatic rings. The second-order valence-corrected chi connectivity index (χ2v) is 8.70. The molecule has 1 N–H and O–H groups in total. The van der Waals surface area contributed by atoms with E-state index in [1.165, 1.54) is 6.07 Å². The van der Waals surface area contributed by atoms with Crippen molar-refractivity contribution in [1.29, 1.82) is 0 Å². The van der Waals surface area contributed by atoms with E-state index in [0.717, 1.165) is 37.1 Å². The number of hydrogen-bond acceptors (Lipinski definition) is 3. The molecule has 1 aromatic rings. The van der Waals surface area contributed by atoms with Crippen LogP contribution in [0.2, 0.25) is 0 Å².